The summed E-state index contributed by atoms with van der Waals surface area (Å²) in [6.07, 6.45) is -5.64. The van der Waals surface area contributed by atoms with Gasteiger partial charge in [-0.1, -0.05) is 60.7 Å². The molecular formula is C39H41F3N4O7S. The summed E-state index contributed by atoms with van der Waals surface area (Å²) >= 11 is 0. The second-order valence-electron chi connectivity index (χ2n) is 13.7. The van der Waals surface area contributed by atoms with Crippen molar-refractivity contribution in [1.29, 1.82) is 0 Å². The van der Waals surface area contributed by atoms with Crippen molar-refractivity contribution < 1.29 is 46.2 Å². The molecule has 0 radical (unpaired) electrons. The topological polar surface area (TPSA) is 165 Å². The van der Waals surface area contributed by atoms with Crippen molar-refractivity contribution in [3.63, 3.8) is 0 Å². The van der Waals surface area contributed by atoms with Gasteiger partial charge in [0.05, 0.1) is 29.7 Å². The fourth-order valence-corrected chi connectivity index (χ4v) is 7.36. The van der Waals surface area contributed by atoms with E-state index >= 15 is 0 Å². The van der Waals surface area contributed by atoms with Crippen LogP contribution in [0.15, 0.2) is 102 Å². The minimum absolute atomic E-state index is 0.0226. The Labute approximate surface area is 311 Å². The number of β-amino-alcohol motifs (C(OH)–C–C–N with tert-alkyl or cyclic N) is 1. The van der Waals surface area contributed by atoms with Crippen LogP contribution in [-0.4, -0.2) is 67.2 Å². The largest absolute Gasteiger partial charge is 0.416 e. The predicted molar refractivity (Wildman–Crippen MR) is 196 cm³/mol. The molecule has 0 aromatic heterocycles. The van der Waals surface area contributed by atoms with E-state index in [4.69, 9.17) is 5.11 Å². The van der Waals surface area contributed by atoms with E-state index in [1.807, 2.05) is 0 Å². The third-order valence-corrected chi connectivity index (χ3v) is 10.4. The lowest BCUT2D eigenvalue weighted by molar-refractivity contribution is -0.137. The molecule has 1 heterocycles. The Morgan fingerprint density at radius 2 is 1.61 bits per heavy atom. The molecule has 0 fully saturated rings. The molecule has 0 saturated carbocycles. The average molecular weight is 767 g/mol. The number of aryl methyl sites for hydroxylation is 1. The van der Waals surface area contributed by atoms with Crippen molar-refractivity contribution in [3.8, 4) is 11.1 Å². The first-order valence-corrected chi connectivity index (χ1v) is 18.6. The van der Waals surface area contributed by atoms with Crippen LogP contribution in [0.1, 0.15) is 53.7 Å². The van der Waals surface area contributed by atoms with Crippen LogP contribution in [0.2, 0.25) is 0 Å². The number of sulfonamides is 1. The number of alkyl halides is 3. The molecule has 0 aliphatic carbocycles. The van der Waals surface area contributed by atoms with E-state index in [0.29, 0.717) is 16.7 Å². The van der Waals surface area contributed by atoms with E-state index in [2.05, 4.69) is 15.4 Å². The summed E-state index contributed by atoms with van der Waals surface area (Å²) < 4.78 is 70.0. The van der Waals surface area contributed by atoms with Gasteiger partial charge in [-0.15, -0.1) is 0 Å². The van der Waals surface area contributed by atoms with Crippen molar-refractivity contribution in [1.82, 2.24) is 15.4 Å². The Bertz CT molecular complexity index is 2090. The van der Waals surface area contributed by atoms with Gasteiger partial charge in [0.25, 0.3) is 15.9 Å². The Balaban J connectivity index is 1.39. The maximum Gasteiger partial charge on any atom is 0.416 e. The van der Waals surface area contributed by atoms with Gasteiger partial charge in [0, 0.05) is 35.3 Å². The first-order valence-electron chi connectivity index (χ1n) is 17.1. The van der Waals surface area contributed by atoms with Crippen LogP contribution in [0.25, 0.3) is 11.1 Å². The molecule has 2 atom stereocenters. The Kier molecular flexibility index (Phi) is 12.3. The first-order chi connectivity index (χ1) is 25.5. The number of hydrogen-bond acceptors (Lipinski definition) is 8. The summed E-state index contributed by atoms with van der Waals surface area (Å²) in [6, 6.07) is 22.7. The number of nitrogens with zero attached hydrogens (tertiary/aromatic N) is 1. The molecule has 1 aliphatic heterocycles. The Hall–Kier alpha value is -5.09. The number of fused-ring (bicyclic) bond motifs is 1. The van der Waals surface area contributed by atoms with E-state index in [9.17, 15) is 41.1 Å². The van der Waals surface area contributed by atoms with Crippen LogP contribution >= 0.6 is 0 Å². The number of nitrogens with one attached hydrogen (secondary N) is 3. The van der Waals surface area contributed by atoms with Gasteiger partial charge < -0.3 is 25.7 Å². The van der Waals surface area contributed by atoms with Crippen LogP contribution in [0.4, 0.5) is 18.9 Å². The average Bonchev–Trinajstić information content (AvgIpc) is 3.26. The highest BCUT2D eigenvalue weighted by Crippen LogP contribution is 2.36. The minimum Gasteiger partial charge on any atom is -0.394 e. The van der Waals surface area contributed by atoms with Crippen molar-refractivity contribution in [2.45, 2.75) is 68.4 Å². The number of aliphatic hydroxyl groups is 2. The van der Waals surface area contributed by atoms with E-state index < -0.39 is 63.8 Å². The molecule has 3 amide bonds. The van der Waals surface area contributed by atoms with Gasteiger partial charge in [-0.05, 0) is 79.8 Å². The summed E-state index contributed by atoms with van der Waals surface area (Å²) in [5, 5.41) is 24.5. The monoisotopic (exact) mass is 766 g/mol. The molecule has 0 bridgehead atoms. The molecule has 4 aromatic rings. The van der Waals surface area contributed by atoms with Gasteiger partial charge in [0.2, 0.25) is 11.8 Å². The van der Waals surface area contributed by atoms with E-state index in [1.165, 1.54) is 35.2 Å². The van der Waals surface area contributed by atoms with Gasteiger partial charge in [-0.3, -0.25) is 14.4 Å². The normalized spacial score (nSPS) is 15.6. The third kappa shape index (κ3) is 9.91. The van der Waals surface area contributed by atoms with Gasteiger partial charge >= 0.3 is 6.18 Å². The second-order valence-corrected chi connectivity index (χ2v) is 15.3. The maximum absolute atomic E-state index is 14.1. The molecule has 0 saturated heterocycles. The zero-order valence-corrected chi connectivity index (χ0v) is 30.4. The molecule has 54 heavy (non-hydrogen) atoms. The van der Waals surface area contributed by atoms with E-state index in [1.54, 1.807) is 68.4 Å². The van der Waals surface area contributed by atoms with E-state index in [0.717, 1.165) is 12.1 Å². The van der Waals surface area contributed by atoms with Crippen molar-refractivity contribution in [3.05, 3.63) is 119 Å². The highest BCUT2D eigenvalue weighted by molar-refractivity contribution is 7.90. The molecule has 286 valence electrons. The number of halogens is 3. The molecule has 0 unspecified atom stereocenters. The van der Waals surface area contributed by atoms with Crippen LogP contribution in [0, 0.1) is 0 Å². The van der Waals surface area contributed by atoms with E-state index in [-0.39, 0.29) is 54.1 Å². The van der Waals surface area contributed by atoms with Crippen LogP contribution in [0.3, 0.4) is 0 Å². The van der Waals surface area contributed by atoms with Gasteiger partial charge in [-0.2, -0.15) is 13.2 Å². The number of rotatable bonds is 13. The molecule has 4 aromatic carbocycles. The SMILES string of the molecule is CC(C)(CC(=O)N[C@@H]1CCc2cc(C(F)(F)F)ccc2N(Cc2ccc(-c3ccccc3S(=O)(=O)NC(=O)c3ccccc3)cc2)C1=O)NC[C@H](O)CO. The fourth-order valence-electron chi connectivity index (χ4n) is 6.16. The number of aliphatic hydroxyl groups excluding tert-OH is 2. The molecular weight excluding hydrogens is 726 g/mol. The molecule has 5 N–H and O–H groups in total. The Morgan fingerprint density at radius 1 is 0.944 bits per heavy atom. The smallest absolute Gasteiger partial charge is 0.394 e. The third-order valence-electron chi connectivity index (χ3n) is 8.97. The maximum atomic E-state index is 14.1. The van der Waals surface area contributed by atoms with Gasteiger partial charge in [-0.25, -0.2) is 13.1 Å². The summed E-state index contributed by atoms with van der Waals surface area (Å²) in [7, 11) is -4.31. The van der Waals surface area contributed by atoms with Gasteiger partial charge in [0.1, 0.15) is 6.04 Å². The summed E-state index contributed by atoms with van der Waals surface area (Å²) in [5.41, 5.74) is 0.368. The first kappa shape index (κ1) is 40.1. The zero-order valence-electron chi connectivity index (χ0n) is 29.6. The lowest BCUT2D eigenvalue weighted by Gasteiger charge is -2.29. The Morgan fingerprint density at radius 3 is 2.28 bits per heavy atom. The number of carbonyl (C=O) groups excluding carboxylic acids is 3. The van der Waals surface area contributed by atoms with Crippen LogP contribution in [0.5, 0.6) is 0 Å². The number of amides is 3. The number of carbonyl (C=O) groups is 3. The molecule has 11 nitrogen and oxygen atoms in total. The number of hydrogen-bond donors (Lipinski definition) is 5. The predicted octanol–water partition coefficient (Wildman–Crippen LogP) is 4.57. The quantitative estimate of drug-likeness (QED) is 0.132. The molecule has 1 aliphatic rings. The van der Waals surface area contributed by atoms with Crippen molar-refractivity contribution >= 4 is 33.4 Å². The highest BCUT2D eigenvalue weighted by atomic mass is 32.2. The summed E-state index contributed by atoms with van der Waals surface area (Å²) in [4.78, 5) is 41.2. The lowest BCUT2D eigenvalue weighted by atomic mass is 9.99. The molecule has 15 heteroatoms. The zero-order chi connectivity index (χ0) is 39.3. The second kappa shape index (κ2) is 16.5. The highest BCUT2D eigenvalue weighted by Gasteiger charge is 2.36. The van der Waals surface area contributed by atoms with Crippen molar-refractivity contribution in [2.24, 2.45) is 0 Å². The fraction of sp³-hybridized carbons (Fsp3) is 0.308. The van der Waals surface area contributed by atoms with Gasteiger partial charge in [0.15, 0.2) is 0 Å². The standard InChI is InChI=1S/C39H41F3N4O7S/c1-38(2,43-22-30(48)24-47)21-35(49)44-32-18-16-28-20-29(39(40,41)42)17-19-33(28)46(37(32)51)23-25-12-14-26(15-13-25)31-10-6-7-11-34(31)54(52,53)45-36(50)27-8-4-3-5-9-27/h3-15,17,19-20,30,32,43,47-48H,16,18,21-24H2,1-2H3,(H,44,49)(H,45,50)/t30-,32+/m0/s1. The summed E-state index contributed by atoms with van der Waals surface area (Å²) in [6.45, 7) is 2.90. The minimum atomic E-state index is -4.62. The van der Waals surface area contributed by atoms with Crippen LogP contribution in [-0.2, 0) is 38.8 Å². The van der Waals surface area contributed by atoms with Crippen molar-refractivity contribution in [2.75, 3.05) is 18.1 Å². The molecule has 5 rings (SSSR count). The summed E-state index contributed by atoms with van der Waals surface area (Å²) in [5.74, 6) is -1.82. The molecule has 0 spiro atoms. The van der Waals surface area contributed by atoms with Crippen LogP contribution < -0.4 is 20.3 Å². The number of anilines is 1. The number of benzene rings is 4. The lowest BCUT2D eigenvalue weighted by Crippen LogP contribution is -2.51.